The predicted octanol–water partition coefficient (Wildman–Crippen LogP) is 6.11. The summed E-state index contributed by atoms with van der Waals surface area (Å²) in [5, 5.41) is 24.1. The van der Waals surface area contributed by atoms with Gasteiger partial charge in [-0.1, -0.05) is 61.2 Å². The Hall–Kier alpha value is -3.88. The van der Waals surface area contributed by atoms with Gasteiger partial charge in [0.05, 0.1) is 13.1 Å². The van der Waals surface area contributed by atoms with E-state index in [-0.39, 0.29) is 12.6 Å². The fourth-order valence-electron chi connectivity index (χ4n) is 4.83. The van der Waals surface area contributed by atoms with Gasteiger partial charge in [-0.15, -0.1) is 0 Å². The van der Waals surface area contributed by atoms with Crippen molar-refractivity contribution in [1.82, 2.24) is 5.32 Å². The summed E-state index contributed by atoms with van der Waals surface area (Å²) in [4.78, 5) is 38.3. The number of nitrogens with one attached hydrogen (secondary N) is 2. The van der Waals surface area contributed by atoms with Crippen molar-refractivity contribution in [3.63, 3.8) is 0 Å². The van der Waals surface area contributed by atoms with Crippen LogP contribution in [-0.4, -0.2) is 40.8 Å². The zero-order valence-electron chi connectivity index (χ0n) is 22.4. The van der Waals surface area contributed by atoms with Gasteiger partial charge in [-0.3, -0.25) is 9.69 Å². The Morgan fingerprint density at radius 2 is 1.65 bits per heavy atom. The number of carboxylic acids is 1. The van der Waals surface area contributed by atoms with E-state index in [1.54, 1.807) is 41.3 Å². The molecule has 3 amide bonds. The average Bonchev–Trinajstić information content (AvgIpc) is 2.97. The lowest BCUT2D eigenvalue weighted by atomic mass is 9.84. The number of aryl methyl sites for hydroxylation is 1. The highest BCUT2D eigenvalue weighted by atomic mass is 35.5. The van der Waals surface area contributed by atoms with Gasteiger partial charge in [-0.2, -0.15) is 0 Å². The molecule has 4 rings (SSSR count). The Morgan fingerprint density at radius 1 is 0.975 bits per heavy atom. The second-order valence-corrected chi connectivity index (χ2v) is 10.6. The van der Waals surface area contributed by atoms with E-state index in [1.807, 2.05) is 25.1 Å². The molecule has 1 saturated carbocycles. The Kier molecular flexibility index (Phi) is 9.79. The lowest BCUT2D eigenvalue weighted by Crippen LogP contribution is -2.36. The van der Waals surface area contributed by atoms with Crippen molar-refractivity contribution in [2.75, 3.05) is 16.8 Å². The van der Waals surface area contributed by atoms with Crippen LogP contribution in [0.5, 0.6) is 0 Å². The van der Waals surface area contributed by atoms with Gasteiger partial charge in [0.15, 0.2) is 6.10 Å². The first-order chi connectivity index (χ1) is 19.2. The van der Waals surface area contributed by atoms with Gasteiger partial charge in [0.1, 0.15) is 0 Å². The molecule has 40 heavy (non-hydrogen) atoms. The van der Waals surface area contributed by atoms with Gasteiger partial charge in [-0.25, -0.2) is 9.59 Å². The molecule has 3 aromatic rings. The Bertz CT molecular complexity index is 1340. The molecule has 4 N–H and O–H groups in total. The van der Waals surface area contributed by atoms with Crippen LogP contribution in [0.25, 0.3) is 0 Å². The number of amides is 3. The van der Waals surface area contributed by atoms with Gasteiger partial charge >= 0.3 is 12.0 Å². The smallest absolute Gasteiger partial charge is 0.334 e. The molecule has 8 nitrogen and oxygen atoms in total. The van der Waals surface area contributed by atoms with Crippen LogP contribution in [0.15, 0.2) is 66.7 Å². The van der Waals surface area contributed by atoms with Crippen LogP contribution >= 0.6 is 11.6 Å². The number of aliphatic hydroxyl groups excluding tert-OH is 1. The van der Waals surface area contributed by atoms with Crippen LogP contribution in [-0.2, 0) is 11.3 Å². The van der Waals surface area contributed by atoms with Crippen LogP contribution in [0.3, 0.4) is 0 Å². The number of aliphatic hydroxyl groups is 1. The maximum atomic E-state index is 13.5. The molecule has 9 heteroatoms. The number of rotatable bonds is 9. The average molecular weight is 564 g/mol. The highest BCUT2D eigenvalue weighted by Gasteiger charge is 2.20. The summed E-state index contributed by atoms with van der Waals surface area (Å²) in [6.45, 7) is 1.74. The minimum absolute atomic E-state index is 0.244. The second-order valence-electron chi connectivity index (χ2n) is 10.2. The number of benzene rings is 3. The van der Waals surface area contributed by atoms with Gasteiger partial charge in [0.25, 0.3) is 5.91 Å². The molecule has 1 fully saturated rings. The van der Waals surface area contributed by atoms with Gasteiger partial charge < -0.3 is 20.8 Å². The molecule has 0 spiro atoms. The quantitative estimate of drug-likeness (QED) is 0.250. The fraction of sp³-hybridized carbons (Fsp3) is 0.323. The zero-order valence-corrected chi connectivity index (χ0v) is 23.2. The normalized spacial score (nSPS) is 14.3. The van der Waals surface area contributed by atoms with Crippen molar-refractivity contribution in [2.45, 2.75) is 57.6 Å². The van der Waals surface area contributed by atoms with Crippen LogP contribution < -0.4 is 15.5 Å². The number of hydrogen-bond donors (Lipinski definition) is 4. The summed E-state index contributed by atoms with van der Waals surface area (Å²) >= 11 is 6.27. The number of hydrogen-bond acceptors (Lipinski definition) is 4. The molecule has 0 saturated heterocycles. The lowest BCUT2D eigenvalue weighted by molar-refractivity contribution is -0.146. The fourth-order valence-corrected chi connectivity index (χ4v) is 5.01. The molecular formula is C31H34ClN3O5. The standard InChI is InChI=1S/C31H34ClN3O5/c1-20-7-14-25(17-27(20)32)34-31(40)35(26-15-12-23(13-16-26)22-5-3-2-4-6-22)19-21-8-10-24(11-9-21)29(37)33-18-28(36)30(38)39/h7-17,22,28,36H,2-6,18-19H2,1H3,(H,33,37)(H,34,40)(H,38,39)/t28-/m1/s1. The van der Waals surface area contributed by atoms with E-state index in [0.29, 0.717) is 22.2 Å². The highest BCUT2D eigenvalue weighted by molar-refractivity contribution is 6.31. The third-order valence-corrected chi connectivity index (χ3v) is 7.65. The van der Waals surface area contributed by atoms with Crippen molar-refractivity contribution < 1.29 is 24.6 Å². The molecule has 0 aliphatic heterocycles. The third-order valence-electron chi connectivity index (χ3n) is 7.25. The number of urea groups is 1. The van der Waals surface area contributed by atoms with Crippen LogP contribution in [0, 0.1) is 6.92 Å². The first-order valence-corrected chi connectivity index (χ1v) is 13.8. The highest BCUT2D eigenvalue weighted by Crippen LogP contribution is 2.33. The summed E-state index contributed by atoms with van der Waals surface area (Å²) in [5.74, 6) is -1.36. The van der Waals surface area contributed by atoms with E-state index < -0.39 is 24.5 Å². The number of carbonyl (C=O) groups excluding carboxylic acids is 2. The molecular weight excluding hydrogens is 530 g/mol. The second kappa shape index (κ2) is 13.5. The van der Waals surface area contributed by atoms with Crippen LogP contribution in [0.4, 0.5) is 16.2 Å². The molecule has 1 atom stereocenters. The molecule has 210 valence electrons. The van der Waals surface area contributed by atoms with E-state index in [1.165, 1.54) is 37.7 Å². The Morgan fingerprint density at radius 3 is 2.27 bits per heavy atom. The summed E-state index contributed by atoms with van der Waals surface area (Å²) in [6.07, 6.45) is 4.47. The number of carboxylic acid groups (broad SMARTS) is 1. The van der Waals surface area contributed by atoms with E-state index in [0.717, 1.165) is 16.8 Å². The minimum Gasteiger partial charge on any atom is -0.479 e. The van der Waals surface area contributed by atoms with E-state index >= 15 is 0 Å². The third kappa shape index (κ3) is 7.61. The minimum atomic E-state index is -1.68. The topological polar surface area (TPSA) is 119 Å². The maximum absolute atomic E-state index is 13.5. The van der Waals surface area contributed by atoms with E-state index in [2.05, 4.69) is 22.8 Å². The number of halogens is 1. The number of aliphatic carboxylic acids is 1. The van der Waals surface area contributed by atoms with E-state index in [4.69, 9.17) is 16.7 Å². The van der Waals surface area contributed by atoms with Gasteiger partial charge in [-0.05, 0) is 78.8 Å². The summed E-state index contributed by atoms with van der Waals surface area (Å²) in [7, 11) is 0. The molecule has 0 bridgehead atoms. The van der Waals surface area contributed by atoms with Crippen molar-refractivity contribution in [3.8, 4) is 0 Å². The summed E-state index contributed by atoms with van der Waals surface area (Å²) in [6, 6.07) is 19.9. The summed E-state index contributed by atoms with van der Waals surface area (Å²) in [5.41, 5.74) is 4.62. The van der Waals surface area contributed by atoms with Crippen molar-refractivity contribution in [2.24, 2.45) is 0 Å². The first-order valence-electron chi connectivity index (χ1n) is 13.4. The van der Waals surface area contributed by atoms with Crippen molar-refractivity contribution >= 4 is 40.9 Å². The number of anilines is 2. The molecule has 0 unspecified atom stereocenters. The molecule has 0 heterocycles. The van der Waals surface area contributed by atoms with Crippen LogP contribution in [0.2, 0.25) is 5.02 Å². The predicted molar refractivity (Wildman–Crippen MR) is 156 cm³/mol. The number of nitrogens with zero attached hydrogens (tertiary/aromatic N) is 1. The molecule has 1 aliphatic carbocycles. The van der Waals surface area contributed by atoms with Crippen molar-refractivity contribution in [1.29, 1.82) is 0 Å². The van der Waals surface area contributed by atoms with Gasteiger partial charge in [0, 0.05) is 22.0 Å². The molecule has 0 aromatic heterocycles. The molecule has 1 aliphatic rings. The van der Waals surface area contributed by atoms with Gasteiger partial charge in [0.2, 0.25) is 0 Å². The monoisotopic (exact) mass is 563 g/mol. The Balaban J connectivity index is 1.52. The Labute approximate surface area is 239 Å². The van der Waals surface area contributed by atoms with E-state index in [9.17, 15) is 19.5 Å². The SMILES string of the molecule is Cc1ccc(NC(=O)N(Cc2ccc(C(=O)NC[C@@H](O)C(=O)O)cc2)c2ccc(C3CCCCC3)cc2)cc1Cl. The summed E-state index contributed by atoms with van der Waals surface area (Å²) < 4.78 is 0. The lowest BCUT2D eigenvalue weighted by Gasteiger charge is -2.26. The molecule has 3 aromatic carbocycles. The van der Waals surface area contributed by atoms with Crippen LogP contribution in [0.1, 0.15) is 65.1 Å². The number of carbonyl (C=O) groups is 3. The first kappa shape index (κ1) is 29.1. The van der Waals surface area contributed by atoms with Crippen molar-refractivity contribution in [3.05, 3.63) is 94.0 Å². The maximum Gasteiger partial charge on any atom is 0.334 e. The zero-order chi connectivity index (χ0) is 28.6. The molecule has 0 radical (unpaired) electrons. The largest absolute Gasteiger partial charge is 0.479 e.